The summed E-state index contributed by atoms with van der Waals surface area (Å²) in [6.07, 6.45) is 2.96. The third-order valence-electron chi connectivity index (χ3n) is 18.0. The van der Waals surface area contributed by atoms with Crippen molar-refractivity contribution in [3.63, 3.8) is 0 Å². The lowest BCUT2D eigenvalue weighted by Gasteiger charge is -2.62. The second kappa shape index (κ2) is 27.5. The monoisotopic (exact) mass is 1280 g/mol. The fraction of sp³-hybridized carbons (Fsp3) is 0.423. The van der Waals surface area contributed by atoms with Gasteiger partial charge in [-0.15, -0.1) is 0 Å². The highest BCUT2D eigenvalue weighted by Crippen LogP contribution is 2.65. The molecule has 8 aliphatic carbocycles. The van der Waals surface area contributed by atoms with Crippen molar-refractivity contribution in [1.82, 2.24) is 0 Å². The van der Waals surface area contributed by atoms with Gasteiger partial charge in [-0.3, -0.25) is 4.79 Å². The number of esters is 4. The average Bonchev–Trinajstić information content (AvgIpc) is 1.37. The molecule has 11 aliphatic rings. The van der Waals surface area contributed by atoms with Crippen molar-refractivity contribution in [2.45, 2.75) is 168 Å². The molecule has 17 rings (SSSR count). The minimum atomic E-state index is -3.50. The van der Waals surface area contributed by atoms with Crippen molar-refractivity contribution in [1.29, 1.82) is 0 Å². The standard InChI is InChI=1S/2C18H15S.C17H20F2O6.C13H16F2O3.C4H6O4.CH4/c2*1-4-10-16(11-5-1)19(17-12-6-2-7-13-17)18-14-8-3-9-15-18;1-15(18,19)14(21)25-16-4-8-2-9(5-16)17(10(3-8)6-16)23-11-7-22-13(20)12(11)24-17;1-12(14,15)11(17)18-13-4-7-2-8(5-13)10(16)9(3-7)6-13;5-2-1-8-4(7)3(2)6;/h2*1-15H;8-12H,2-7H2,1H3;7-9H,2-6H2,1H3;2-3,5-6H,1H2;1H4/q2*+1;;;;/t;;;;2-,3-;/m....1./s1. The third-order valence-corrected chi connectivity index (χ3v) is 22.5. The topological polar surface area (TPSA) is 181 Å². The molecule has 6 aromatic rings. The highest BCUT2D eigenvalue weighted by atomic mass is 32.2. The highest BCUT2D eigenvalue weighted by molar-refractivity contribution is 7.97. The SMILES string of the molecule is C.CC(F)(F)C(=O)OC12CC3CC(C1)C(=O)C(C3)C2.CC(F)(F)C(=O)OC12CC3CC(C1)C1(OC4COC(=O)C4O1)C(C3)C2.O=C1OC[C@@H](O)[C@H]1O.c1ccc([S+](c2ccccc2)c2ccccc2)cc1.c1ccc([S+](c2ccccc2)c2ccccc2)cc1. The Bertz CT molecular complexity index is 3080. The van der Waals surface area contributed by atoms with Crippen LogP contribution < -0.4 is 0 Å². The number of rotatable bonds is 10. The Hall–Kier alpha value is -6.87. The second-order valence-electron chi connectivity index (χ2n) is 24.7. The second-order valence-corrected chi connectivity index (χ2v) is 28.7. The van der Waals surface area contributed by atoms with Crippen molar-refractivity contribution < 1.29 is 80.2 Å². The number of aliphatic hydroxyl groups excluding tert-OH is 2. The summed E-state index contributed by atoms with van der Waals surface area (Å²) in [5, 5.41) is 17.1. The van der Waals surface area contributed by atoms with Gasteiger partial charge in [-0.2, -0.15) is 17.6 Å². The van der Waals surface area contributed by atoms with Crippen LogP contribution in [0.3, 0.4) is 0 Å². The molecule has 11 fully saturated rings. The number of cyclic esters (lactones) is 2. The summed E-state index contributed by atoms with van der Waals surface area (Å²) in [4.78, 5) is 65.2. The van der Waals surface area contributed by atoms with Gasteiger partial charge in [0.05, 0.1) is 21.8 Å². The first-order chi connectivity index (χ1) is 42.6. The first kappa shape index (κ1) is 66.1. The van der Waals surface area contributed by atoms with E-state index in [1.807, 2.05) is 0 Å². The number of hydrogen-bond donors (Lipinski definition) is 2. The summed E-state index contributed by atoms with van der Waals surface area (Å²) in [5.41, 5.74) is -1.65. The molecule has 8 atom stereocenters. The van der Waals surface area contributed by atoms with Gasteiger partial charge >= 0.3 is 35.7 Å². The lowest BCUT2D eigenvalue weighted by molar-refractivity contribution is -0.327. The zero-order chi connectivity index (χ0) is 62.7. The molecule has 2 N–H and O–H groups in total. The Morgan fingerprint density at radius 3 is 1.11 bits per heavy atom. The molecule has 90 heavy (non-hydrogen) atoms. The number of fused-ring (bicyclic) bond motifs is 1. The molecule has 3 saturated heterocycles. The van der Waals surface area contributed by atoms with E-state index >= 15 is 0 Å². The Kier molecular flexibility index (Phi) is 20.2. The predicted molar refractivity (Wildman–Crippen MR) is 327 cm³/mol. The van der Waals surface area contributed by atoms with Crippen molar-refractivity contribution >= 4 is 51.5 Å². The summed E-state index contributed by atoms with van der Waals surface area (Å²) in [7, 11) is -0.0293. The van der Waals surface area contributed by atoms with Crippen LogP contribution in [0, 0.1) is 35.5 Å². The van der Waals surface area contributed by atoms with E-state index in [2.05, 4.69) is 187 Å². The van der Waals surface area contributed by atoms with Crippen LogP contribution in [-0.2, 0) is 74.2 Å². The average molecular weight is 1280 g/mol. The smallest absolute Gasteiger partial charge is 0.377 e. The van der Waals surface area contributed by atoms with Crippen molar-refractivity contribution in [2.75, 3.05) is 13.2 Å². The van der Waals surface area contributed by atoms with E-state index in [1.54, 1.807) is 0 Å². The normalized spacial score (nSPS) is 30.2. The Balaban J connectivity index is 0.000000127. The zero-order valence-corrected chi connectivity index (χ0v) is 50.9. The fourth-order valence-corrected chi connectivity index (χ4v) is 18.8. The van der Waals surface area contributed by atoms with Gasteiger partial charge in [-0.05, 0) is 149 Å². The summed E-state index contributed by atoms with van der Waals surface area (Å²) in [5.74, 6) is -11.2. The number of ether oxygens (including phenoxy) is 6. The van der Waals surface area contributed by atoms with Crippen LogP contribution in [0.1, 0.15) is 85.5 Å². The number of carbonyl (C=O) groups excluding carboxylic acids is 5. The summed E-state index contributed by atoms with van der Waals surface area (Å²) < 4.78 is 84.5. The maximum atomic E-state index is 13.3. The number of halogens is 4. The molecule has 8 saturated carbocycles. The van der Waals surface area contributed by atoms with E-state index in [1.165, 1.54) is 29.4 Å². The molecule has 6 unspecified atom stereocenters. The number of carbonyl (C=O) groups is 5. The molecular formula is C71H76F4O13S2+2. The molecule has 3 heterocycles. The Morgan fingerprint density at radius 1 is 0.478 bits per heavy atom. The van der Waals surface area contributed by atoms with Gasteiger partial charge in [-0.25, -0.2) is 19.2 Å². The van der Waals surface area contributed by atoms with Crippen LogP contribution >= 0.6 is 0 Å². The molecule has 3 aliphatic heterocycles. The Morgan fingerprint density at radius 2 is 0.811 bits per heavy atom. The van der Waals surface area contributed by atoms with E-state index < -0.39 is 77.1 Å². The maximum Gasteiger partial charge on any atom is 0.377 e. The van der Waals surface area contributed by atoms with Gasteiger partial charge in [0.1, 0.15) is 42.4 Å². The molecule has 0 radical (unpaired) electrons. The maximum absolute atomic E-state index is 13.3. The molecule has 6 aromatic carbocycles. The molecular weight excluding hydrogens is 1200 g/mol. The van der Waals surface area contributed by atoms with Crippen LogP contribution in [0.4, 0.5) is 17.6 Å². The largest absolute Gasteiger partial charge is 0.461 e. The number of benzene rings is 6. The summed E-state index contributed by atoms with van der Waals surface area (Å²) in [6.45, 7) is 1.23. The van der Waals surface area contributed by atoms with E-state index in [4.69, 9.17) is 33.9 Å². The third kappa shape index (κ3) is 14.6. The van der Waals surface area contributed by atoms with Gasteiger partial charge in [0.25, 0.3) is 0 Å². The first-order valence-corrected chi connectivity index (χ1v) is 32.7. The molecule has 13 nitrogen and oxygen atoms in total. The van der Waals surface area contributed by atoms with E-state index in [9.17, 15) is 41.5 Å². The van der Waals surface area contributed by atoms with Crippen molar-refractivity contribution in [3.8, 4) is 0 Å². The molecule has 19 heteroatoms. The van der Waals surface area contributed by atoms with Crippen LogP contribution in [0.5, 0.6) is 0 Å². The van der Waals surface area contributed by atoms with Gasteiger partial charge in [0, 0.05) is 37.5 Å². The molecule has 476 valence electrons. The van der Waals surface area contributed by atoms with Crippen LogP contribution in [0.2, 0.25) is 0 Å². The van der Waals surface area contributed by atoms with Crippen molar-refractivity contribution in [3.05, 3.63) is 182 Å². The molecule has 0 aromatic heterocycles. The number of alkyl halides is 4. The lowest BCUT2D eigenvalue weighted by Crippen LogP contribution is -2.65. The lowest BCUT2D eigenvalue weighted by atomic mass is 9.51. The van der Waals surface area contributed by atoms with Gasteiger partial charge in [-0.1, -0.05) is 117 Å². The fourth-order valence-electron chi connectivity index (χ4n) is 14.6. The zero-order valence-electron chi connectivity index (χ0n) is 49.3. The molecule has 8 bridgehead atoms. The van der Waals surface area contributed by atoms with Gasteiger partial charge in [0.15, 0.2) is 47.4 Å². The molecule has 1 spiro atoms. The minimum absolute atomic E-state index is 0. The predicted octanol–water partition coefficient (Wildman–Crippen LogP) is 12.6. The summed E-state index contributed by atoms with van der Waals surface area (Å²) in [6, 6.07) is 64.3. The van der Waals surface area contributed by atoms with E-state index in [0.717, 1.165) is 25.7 Å². The quantitative estimate of drug-likeness (QED) is 0.0573. The molecule has 0 amide bonds. The van der Waals surface area contributed by atoms with Crippen LogP contribution in [-0.4, -0.2) is 106 Å². The number of Topliss-reactive ketones (excluding diaryl/α,β-unsaturated/α-hetero) is 1. The first-order valence-electron chi connectivity index (χ1n) is 30.2. The van der Waals surface area contributed by atoms with Crippen LogP contribution in [0.15, 0.2) is 211 Å². The summed E-state index contributed by atoms with van der Waals surface area (Å²) >= 11 is 0. The highest BCUT2D eigenvalue weighted by Gasteiger charge is 2.71. The number of aliphatic hydroxyl groups is 2. The van der Waals surface area contributed by atoms with Gasteiger partial charge in [0.2, 0.25) is 0 Å². The number of ketones is 1. The minimum Gasteiger partial charge on any atom is -0.461 e. The van der Waals surface area contributed by atoms with E-state index in [0.29, 0.717) is 64.2 Å². The Labute approximate surface area is 527 Å². The van der Waals surface area contributed by atoms with Crippen molar-refractivity contribution in [2.24, 2.45) is 35.5 Å². The van der Waals surface area contributed by atoms with Gasteiger partial charge < -0.3 is 38.6 Å². The van der Waals surface area contributed by atoms with E-state index in [-0.39, 0.29) is 71.9 Å². The number of hydrogen-bond acceptors (Lipinski definition) is 13. The van der Waals surface area contributed by atoms with Crippen LogP contribution in [0.25, 0.3) is 0 Å².